The molecule has 0 nitrogen and oxygen atoms in total. The molecule has 0 amide bonds. The molecule has 0 atom stereocenters. The van der Waals surface area contributed by atoms with Crippen LogP contribution in [0.15, 0.2) is 140 Å². The van der Waals surface area contributed by atoms with Crippen LogP contribution in [0.4, 0.5) is 0 Å². The summed E-state index contributed by atoms with van der Waals surface area (Å²) < 4.78 is 0. The van der Waals surface area contributed by atoms with Crippen molar-refractivity contribution in [2.45, 2.75) is 0 Å². The molecule has 6 aromatic carbocycles. The van der Waals surface area contributed by atoms with Crippen molar-refractivity contribution in [2.24, 2.45) is 0 Å². The largest absolute Gasteiger partial charge is 2.00 e. The van der Waals surface area contributed by atoms with Crippen molar-refractivity contribution in [3.05, 3.63) is 140 Å². The maximum absolute atomic E-state index is 2.35. The van der Waals surface area contributed by atoms with E-state index in [-0.39, 0.29) is 21.7 Å². The summed E-state index contributed by atoms with van der Waals surface area (Å²) in [6, 6.07) is 49.7. The summed E-state index contributed by atoms with van der Waals surface area (Å²) in [5.74, 6) is 0. The zero-order valence-electron chi connectivity index (χ0n) is 17.7. The van der Waals surface area contributed by atoms with E-state index in [4.69, 9.17) is 0 Å². The van der Waals surface area contributed by atoms with Gasteiger partial charge in [-0.1, -0.05) is 72.8 Å². The minimum absolute atomic E-state index is 0. The molecule has 0 spiro atoms. The van der Waals surface area contributed by atoms with E-state index in [9.17, 15) is 0 Å². The van der Waals surface area contributed by atoms with Gasteiger partial charge in [-0.2, -0.15) is 23.6 Å². The molecule has 32 heavy (non-hydrogen) atoms. The molecule has 2 heteroatoms. The maximum Gasteiger partial charge on any atom is 2.00 e. The third-order valence-corrected chi connectivity index (χ3v) is 7.84. The molecule has 0 saturated carbocycles. The molecule has 0 saturated heterocycles. The monoisotopic (exact) mass is 462 g/mol. The number of benzene rings is 4. The molecule has 6 rings (SSSR count). The molecule has 0 aromatic heterocycles. The Morgan fingerprint density at radius 2 is 1.03 bits per heavy atom. The predicted molar refractivity (Wildman–Crippen MR) is 138 cm³/mol. The molecule has 6 aromatic rings. The van der Waals surface area contributed by atoms with Gasteiger partial charge in [-0.3, -0.25) is 0 Å². The molecule has 0 N–H and O–H groups in total. The van der Waals surface area contributed by atoms with Crippen molar-refractivity contribution in [3.63, 3.8) is 0 Å². The molecule has 0 bridgehead atoms. The van der Waals surface area contributed by atoms with Gasteiger partial charge >= 0.3 is 21.7 Å². The van der Waals surface area contributed by atoms with Crippen molar-refractivity contribution in [2.75, 3.05) is 0 Å². The first-order valence-electron chi connectivity index (χ1n) is 10.5. The standard InChI is InChI=1S/C21H16P.C9H7.Ti/c1-3-11-19(12-4-1)22(20-13-5-2-6-14-20)21-15-17-9-7-8-10-18(17)16-21;1-2-5-9-7-3-6-8(9)4-1;/h1-16H;1-7H;/q2*-1;+2. The van der Waals surface area contributed by atoms with Crippen LogP contribution in [0.1, 0.15) is 0 Å². The Morgan fingerprint density at radius 1 is 0.500 bits per heavy atom. The quantitative estimate of drug-likeness (QED) is 0.153. The topological polar surface area (TPSA) is 0 Å². The second-order valence-corrected chi connectivity index (χ2v) is 9.72. The Kier molecular flexibility index (Phi) is 7.51. The molecular formula is C30H23PTi. The SMILES string of the molecule is [Ti+2].c1ccc(P(c2ccccc2)c2cc3ccccc3[cH-]2)cc1.c1ccc2[cH-]ccc2c1. The Morgan fingerprint density at radius 3 is 1.62 bits per heavy atom. The second-order valence-electron chi connectivity index (χ2n) is 7.50. The molecular weight excluding hydrogens is 439 g/mol. The van der Waals surface area contributed by atoms with Gasteiger partial charge in [0.2, 0.25) is 0 Å². The van der Waals surface area contributed by atoms with E-state index in [1.54, 1.807) is 0 Å². The van der Waals surface area contributed by atoms with Crippen LogP contribution in [0.25, 0.3) is 21.5 Å². The summed E-state index contributed by atoms with van der Waals surface area (Å²) in [6.45, 7) is 0. The fourth-order valence-electron chi connectivity index (χ4n) is 3.93. The minimum atomic E-state index is -0.493. The van der Waals surface area contributed by atoms with Crippen molar-refractivity contribution in [1.82, 2.24) is 0 Å². The van der Waals surface area contributed by atoms with Crippen LogP contribution in [0.3, 0.4) is 0 Å². The van der Waals surface area contributed by atoms with Gasteiger partial charge in [0.05, 0.1) is 0 Å². The van der Waals surface area contributed by atoms with Crippen molar-refractivity contribution >= 4 is 45.4 Å². The average molecular weight is 462 g/mol. The van der Waals surface area contributed by atoms with Crippen molar-refractivity contribution < 1.29 is 21.7 Å². The van der Waals surface area contributed by atoms with Gasteiger partial charge in [-0.05, 0) is 18.5 Å². The van der Waals surface area contributed by atoms with E-state index in [2.05, 4.69) is 140 Å². The smallest absolute Gasteiger partial charge is 0.168 e. The fraction of sp³-hybridized carbons (Fsp3) is 0. The first kappa shape index (κ1) is 22.4. The molecule has 0 aliphatic rings. The third-order valence-electron chi connectivity index (χ3n) is 5.44. The molecule has 0 aliphatic heterocycles. The Bertz CT molecular complexity index is 1280. The summed E-state index contributed by atoms with van der Waals surface area (Å²) >= 11 is 0. The third kappa shape index (κ3) is 5.00. The zero-order valence-corrected chi connectivity index (χ0v) is 20.2. The van der Waals surface area contributed by atoms with Gasteiger partial charge in [0, 0.05) is 0 Å². The van der Waals surface area contributed by atoms with Gasteiger partial charge in [-0.25, -0.2) is 0 Å². The van der Waals surface area contributed by atoms with Gasteiger partial charge in [0.1, 0.15) is 0 Å². The van der Waals surface area contributed by atoms with Crippen LogP contribution in [0.2, 0.25) is 0 Å². The van der Waals surface area contributed by atoms with Crippen LogP contribution in [-0.2, 0) is 21.7 Å². The Hall–Kier alpha value is -2.76. The van der Waals surface area contributed by atoms with E-state index in [0.29, 0.717) is 0 Å². The number of hydrogen-bond donors (Lipinski definition) is 0. The van der Waals surface area contributed by atoms with Gasteiger partial charge in [0.15, 0.2) is 0 Å². The number of hydrogen-bond acceptors (Lipinski definition) is 0. The van der Waals surface area contributed by atoms with E-state index in [0.717, 1.165) is 0 Å². The molecule has 0 radical (unpaired) electrons. The number of rotatable bonds is 3. The predicted octanol–water partition coefficient (Wildman–Crippen LogP) is 6.87. The van der Waals surface area contributed by atoms with Crippen LogP contribution < -0.4 is 15.9 Å². The molecule has 0 fully saturated rings. The average Bonchev–Trinajstić information content (AvgIpc) is 3.48. The van der Waals surface area contributed by atoms with Crippen LogP contribution in [-0.4, -0.2) is 0 Å². The van der Waals surface area contributed by atoms with Crippen LogP contribution in [0, 0.1) is 0 Å². The molecule has 0 unspecified atom stereocenters. The zero-order chi connectivity index (χ0) is 20.9. The van der Waals surface area contributed by atoms with Crippen LogP contribution in [0.5, 0.6) is 0 Å². The molecule has 0 heterocycles. The maximum atomic E-state index is 2.35. The van der Waals surface area contributed by atoms with E-state index in [1.165, 1.54) is 37.5 Å². The summed E-state index contributed by atoms with van der Waals surface area (Å²) in [4.78, 5) is 0. The van der Waals surface area contributed by atoms with E-state index in [1.807, 2.05) is 0 Å². The summed E-state index contributed by atoms with van der Waals surface area (Å²) in [7, 11) is -0.493. The van der Waals surface area contributed by atoms with Gasteiger partial charge in [0.25, 0.3) is 0 Å². The second kappa shape index (κ2) is 10.7. The van der Waals surface area contributed by atoms with Gasteiger partial charge in [-0.15, -0.1) is 70.0 Å². The summed E-state index contributed by atoms with van der Waals surface area (Å²) in [5.41, 5.74) is 0. The fourth-order valence-corrected chi connectivity index (χ4v) is 6.31. The first-order valence-corrected chi connectivity index (χ1v) is 11.9. The first-order chi connectivity index (χ1) is 15.4. The van der Waals surface area contributed by atoms with Crippen LogP contribution >= 0.6 is 7.92 Å². The van der Waals surface area contributed by atoms with Crippen molar-refractivity contribution in [1.29, 1.82) is 0 Å². The molecule has 152 valence electrons. The minimum Gasteiger partial charge on any atom is -0.168 e. The van der Waals surface area contributed by atoms with E-state index >= 15 is 0 Å². The number of fused-ring (bicyclic) bond motifs is 2. The molecule has 0 aliphatic carbocycles. The van der Waals surface area contributed by atoms with E-state index < -0.39 is 7.92 Å². The summed E-state index contributed by atoms with van der Waals surface area (Å²) in [5, 5.41) is 9.55. The Balaban J connectivity index is 0.000000205. The van der Waals surface area contributed by atoms with Gasteiger partial charge < -0.3 is 0 Å². The van der Waals surface area contributed by atoms with Crippen molar-refractivity contribution in [3.8, 4) is 0 Å². The summed E-state index contributed by atoms with van der Waals surface area (Å²) in [6.07, 6.45) is 0. The Labute approximate surface area is 205 Å². The normalized spacial score (nSPS) is 10.5.